The highest BCUT2D eigenvalue weighted by atomic mass is 19.1. The van der Waals surface area contributed by atoms with Crippen LogP contribution in [0.15, 0.2) is 42.5 Å². The molecule has 1 N–H and O–H groups in total. The molecule has 0 radical (unpaired) electrons. The fourth-order valence-corrected chi connectivity index (χ4v) is 2.73. The third-order valence-electron chi connectivity index (χ3n) is 3.83. The lowest BCUT2D eigenvalue weighted by molar-refractivity contribution is -0.126. The summed E-state index contributed by atoms with van der Waals surface area (Å²) in [5, 5.41) is 9.66. The number of rotatable bonds is 4. The minimum atomic E-state index is -0.649. The van der Waals surface area contributed by atoms with Crippen LogP contribution in [0.2, 0.25) is 0 Å². The molecule has 0 aromatic heterocycles. The Morgan fingerprint density at radius 3 is 2.65 bits per heavy atom. The van der Waals surface area contributed by atoms with E-state index in [2.05, 4.69) is 0 Å². The Labute approximate surface area is 134 Å². The van der Waals surface area contributed by atoms with Gasteiger partial charge in [0.25, 0.3) is 5.91 Å². The molecule has 0 spiro atoms. The lowest BCUT2D eigenvalue weighted by Crippen LogP contribution is -2.47. The topological polar surface area (TPSA) is 49.8 Å². The largest absolute Gasteiger partial charge is 0.508 e. The van der Waals surface area contributed by atoms with E-state index in [0.29, 0.717) is 24.4 Å². The molecule has 120 valence electrons. The Hall–Kier alpha value is -2.56. The molecule has 4 nitrogen and oxygen atoms in total. The lowest BCUT2D eigenvalue weighted by Gasteiger charge is -2.34. The van der Waals surface area contributed by atoms with Gasteiger partial charge in [-0.15, -0.1) is 0 Å². The average Bonchev–Trinajstić information content (AvgIpc) is 2.54. The molecule has 0 saturated heterocycles. The molecule has 1 aliphatic rings. The predicted molar refractivity (Wildman–Crippen MR) is 85.3 cm³/mol. The maximum atomic E-state index is 13.0. The first-order valence-electron chi connectivity index (χ1n) is 7.64. The lowest BCUT2D eigenvalue weighted by atomic mass is 10.0. The molecule has 23 heavy (non-hydrogen) atoms. The Bertz CT molecular complexity index is 715. The average molecular weight is 315 g/mol. The Kier molecular flexibility index (Phi) is 4.19. The zero-order valence-electron chi connectivity index (χ0n) is 12.8. The third kappa shape index (κ3) is 3.13. The summed E-state index contributed by atoms with van der Waals surface area (Å²) in [5.41, 5.74) is 1.43. The van der Waals surface area contributed by atoms with Crippen molar-refractivity contribution in [3.63, 3.8) is 0 Å². The van der Waals surface area contributed by atoms with Gasteiger partial charge in [0, 0.05) is 19.0 Å². The van der Waals surface area contributed by atoms with Crippen LogP contribution in [0, 0.1) is 5.82 Å². The number of fused-ring (bicyclic) bond motifs is 1. The van der Waals surface area contributed by atoms with Crippen molar-refractivity contribution in [2.45, 2.75) is 25.9 Å². The Morgan fingerprint density at radius 1 is 1.22 bits per heavy atom. The van der Waals surface area contributed by atoms with Crippen molar-refractivity contribution in [2.24, 2.45) is 0 Å². The zero-order chi connectivity index (χ0) is 16.4. The summed E-state index contributed by atoms with van der Waals surface area (Å²) in [6.45, 7) is 2.54. The first-order valence-corrected chi connectivity index (χ1v) is 7.64. The van der Waals surface area contributed by atoms with Crippen molar-refractivity contribution in [1.29, 1.82) is 0 Å². The standard InChI is InChI=1S/C18H18FNO3/c1-2-9-20-15-11-14(21)7-8-16(15)23-17(18(20)22)10-12-3-5-13(19)6-4-12/h3-8,11,17,21H,2,9-10H2,1H3. The summed E-state index contributed by atoms with van der Waals surface area (Å²) >= 11 is 0. The smallest absolute Gasteiger partial charge is 0.268 e. The number of carbonyl (C=O) groups is 1. The molecule has 0 aliphatic carbocycles. The molecule has 0 bridgehead atoms. The number of ether oxygens (including phenoxy) is 1. The summed E-state index contributed by atoms with van der Waals surface area (Å²) in [6, 6.07) is 10.8. The van der Waals surface area contributed by atoms with E-state index in [-0.39, 0.29) is 17.5 Å². The molecule has 1 atom stereocenters. The normalized spacial score (nSPS) is 16.9. The first kappa shape index (κ1) is 15.3. The van der Waals surface area contributed by atoms with E-state index in [0.717, 1.165) is 12.0 Å². The molecule has 0 fully saturated rings. The van der Waals surface area contributed by atoms with Crippen LogP contribution in [0.25, 0.3) is 0 Å². The third-order valence-corrected chi connectivity index (χ3v) is 3.83. The maximum absolute atomic E-state index is 13.0. The van der Waals surface area contributed by atoms with Crippen molar-refractivity contribution in [2.75, 3.05) is 11.4 Å². The van der Waals surface area contributed by atoms with Gasteiger partial charge in [-0.1, -0.05) is 19.1 Å². The Morgan fingerprint density at radius 2 is 1.96 bits per heavy atom. The van der Waals surface area contributed by atoms with Crippen LogP contribution in [0.3, 0.4) is 0 Å². The van der Waals surface area contributed by atoms with Crippen molar-refractivity contribution >= 4 is 11.6 Å². The van der Waals surface area contributed by atoms with Gasteiger partial charge in [-0.05, 0) is 36.2 Å². The summed E-state index contributed by atoms with van der Waals surface area (Å²) in [5.74, 6) is 0.216. The highest BCUT2D eigenvalue weighted by Crippen LogP contribution is 2.37. The quantitative estimate of drug-likeness (QED) is 0.942. The number of anilines is 1. The van der Waals surface area contributed by atoms with E-state index in [1.54, 1.807) is 23.1 Å². The molecular formula is C18H18FNO3. The SMILES string of the molecule is CCCN1C(=O)C(Cc2ccc(F)cc2)Oc2ccc(O)cc21. The molecule has 5 heteroatoms. The van der Waals surface area contributed by atoms with Gasteiger partial charge in [0.05, 0.1) is 5.69 Å². The monoisotopic (exact) mass is 315 g/mol. The minimum absolute atomic E-state index is 0.0956. The van der Waals surface area contributed by atoms with E-state index in [9.17, 15) is 14.3 Å². The van der Waals surface area contributed by atoms with Gasteiger partial charge in [0.2, 0.25) is 0 Å². The summed E-state index contributed by atoms with van der Waals surface area (Å²) in [6.07, 6.45) is 0.521. The molecule has 1 aliphatic heterocycles. The first-order chi connectivity index (χ1) is 11.1. The van der Waals surface area contributed by atoms with Crippen LogP contribution in [0.4, 0.5) is 10.1 Å². The van der Waals surface area contributed by atoms with Crippen molar-refractivity contribution < 1.29 is 19.0 Å². The summed E-state index contributed by atoms with van der Waals surface area (Å²) < 4.78 is 18.8. The number of phenolic OH excluding ortho intramolecular Hbond substituents is 1. The van der Waals surface area contributed by atoms with Gasteiger partial charge >= 0.3 is 0 Å². The zero-order valence-corrected chi connectivity index (χ0v) is 12.8. The van der Waals surface area contributed by atoms with Gasteiger partial charge in [0.15, 0.2) is 6.10 Å². The van der Waals surface area contributed by atoms with Crippen LogP contribution >= 0.6 is 0 Å². The van der Waals surface area contributed by atoms with E-state index in [4.69, 9.17) is 4.74 Å². The molecule has 1 amide bonds. The highest BCUT2D eigenvalue weighted by molar-refractivity contribution is 6.00. The number of halogens is 1. The van der Waals surface area contributed by atoms with Crippen molar-refractivity contribution in [3.8, 4) is 11.5 Å². The van der Waals surface area contributed by atoms with Gasteiger partial charge in [-0.25, -0.2) is 4.39 Å². The second kappa shape index (κ2) is 6.28. The molecule has 0 saturated carbocycles. The number of amides is 1. The predicted octanol–water partition coefficient (Wildman–Crippen LogP) is 3.28. The second-order valence-corrected chi connectivity index (χ2v) is 5.58. The van der Waals surface area contributed by atoms with E-state index in [1.807, 2.05) is 6.92 Å². The molecule has 2 aromatic carbocycles. The number of nitrogens with zero attached hydrogens (tertiary/aromatic N) is 1. The molecular weight excluding hydrogens is 297 g/mol. The minimum Gasteiger partial charge on any atom is -0.508 e. The van der Waals surface area contributed by atoms with Gasteiger partial charge in [-0.3, -0.25) is 4.79 Å². The summed E-state index contributed by atoms with van der Waals surface area (Å²) in [4.78, 5) is 14.4. The number of hydrogen-bond acceptors (Lipinski definition) is 3. The van der Waals surface area contributed by atoms with Crippen molar-refractivity contribution in [3.05, 3.63) is 53.8 Å². The van der Waals surface area contributed by atoms with Gasteiger partial charge < -0.3 is 14.7 Å². The maximum Gasteiger partial charge on any atom is 0.268 e. The number of carbonyl (C=O) groups excluding carboxylic acids is 1. The van der Waals surface area contributed by atoms with Gasteiger partial charge in [-0.2, -0.15) is 0 Å². The number of phenols is 1. The van der Waals surface area contributed by atoms with Gasteiger partial charge in [0.1, 0.15) is 17.3 Å². The van der Waals surface area contributed by atoms with Crippen LogP contribution in [-0.4, -0.2) is 23.7 Å². The fraction of sp³-hybridized carbons (Fsp3) is 0.278. The molecule has 1 unspecified atom stereocenters. The molecule has 1 heterocycles. The number of aromatic hydroxyl groups is 1. The molecule has 3 rings (SSSR count). The van der Waals surface area contributed by atoms with Crippen molar-refractivity contribution in [1.82, 2.24) is 0 Å². The second-order valence-electron chi connectivity index (χ2n) is 5.58. The van der Waals surface area contributed by atoms with Crippen LogP contribution in [-0.2, 0) is 11.2 Å². The highest BCUT2D eigenvalue weighted by Gasteiger charge is 2.34. The number of hydrogen-bond donors (Lipinski definition) is 1. The number of benzene rings is 2. The van der Waals surface area contributed by atoms with E-state index < -0.39 is 6.10 Å². The van der Waals surface area contributed by atoms with Crippen LogP contribution in [0.1, 0.15) is 18.9 Å². The molecule has 2 aromatic rings. The van der Waals surface area contributed by atoms with E-state index in [1.165, 1.54) is 24.3 Å². The van der Waals surface area contributed by atoms with Crippen LogP contribution < -0.4 is 9.64 Å². The van der Waals surface area contributed by atoms with E-state index >= 15 is 0 Å². The summed E-state index contributed by atoms with van der Waals surface area (Å²) in [7, 11) is 0. The van der Waals surface area contributed by atoms with Crippen LogP contribution in [0.5, 0.6) is 11.5 Å². The Balaban J connectivity index is 1.89. The fourth-order valence-electron chi connectivity index (χ4n) is 2.73.